The lowest BCUT2D eigenvalue weighted by Crippen LogP contribution is -2.43. The van der Waals surface area contributed by atoms with Crippen molar-refractivity contribution in [3.8, 4) is 0 Å². The Balaban J connectivity index is 1.73. The fraction of sp³-hybridized carbons (Fsp3) is 0.450. The summed E-state index contributed by atoms with van der Waals surface area (Å²) in [4.78, 5) is 26.2. The van der Waals surface area contributed by atoms with Gasteiger partial charge < -0.3 is 15.0 Å². The van der Waals surface area contributed by atoms with Gasteiger partial charge in [-0.15, -0.1) is 0 Å². The van der Waals surface area contributed by atoms with Gasteiger partial charge >= 0.3 is 5.97 Å². The predicted molar refractivity (Wildman–Crippen MR) is 112 cm³/mol. The molecule has 0 unspecified atom stereocenters. The van der Waals surface area contributed by atoms with Crippen molar-refractivity contribution < 1.29 is 9.53 Å². The smallest absolute Gasteiger partial charge is 0.338 e. The molecule has 1 aliphatic heterocycles. The minimum atomic E-state index is -0.294. The summed E-state index contributed by atoms with van der Waals surface area (Å²) in [5.41, 5.74) is 2.30. The fourth-order valence-corrected chi connectivity index (χ4v) is 4.08. The second-order valence-corrected chi connectivity index (χ2v) is 7.93. The predicted octanol–water partition coefficient (Wildman–Crippen LogP) is 2.62. The van der Waals surface area contributed by atoms with Gasteiger partial charge in [0.15, 0.2) is 0 Å². The van der Waals surface area contributed by atoms with Crippen LogP contribution >= 0.6 is 15.9 Å². The second-order valence-electron chi connectivity index (χ2n) is 7.14. The molecule has 0 amide bonds. The topological polar surface area (TPSA) is 76.5 Å². The van der Waals surface area contributed by atoms with Crippen LogP contribution in [0.1, 0.15) is 35.2 Å². The van der Waals surface area contributed by atoms with Crippen molar-refractivity contribution in [3.05, 3.63) is 56.4 Å². The van der Waals surface area contributed by atoms with Crippen molar-refractivity contribution in [1.82, 2.24) is 14.7 Å². The molecular weight excluding hydrogens is 424 g/mol. The Labute approximate surface area is 172 Å². The Kier molecular flexibility index (Phi) is 6.51. The number of aromatic nitrogens is 2. The van der Waals surface area contributed by atoms with E-state index < -0.39 is 0 Å². The molecule has 1 aromatic carbocycles. The van der Waals surface area contributed by atoms with Gasteiger partial charge in [-0.1, -0.05) is 12.1 Å². The number of rotatable bonds is 5. The molecule has 0 aliphatic carbocycles. The number of nitrogens with zero attached hydrogens (tertiary/aromatic N) is 3. The number of esters is 1. The summed E-state index contributed by atoms with van der Waals surface area (Å²) in [7, 11) is 3.71. The standard InChI is InChI=1S/C20H25BrN4O3/c1-4-28-20(27)14-7-5-13(6-8-14)15-9-16(12-24(2)11-15)23-17-10-22-25(3)19(26)18(17)21/h5-8,10,15-16,23H,4,9,11-12H2,1-3H3/t15-,16+/m1/s1. The van der Waals surface area contributed by atoms with E-state index >= 15 is 0 Å². The zero-order chi connectivity index (χ0) is 20.3. The molecule has 150 valence electrons. The van der Waals surface area contributed by atoms with Crippen LogP contribution in [-0.4, -0.2) is 53.4 Å². The number of hydrogen-bond acceptors (Lipinski definition) is 6. The molecule has 2 aromatic rings. The number of aryl methyl sites for hydroxylation is 1. The number of piperidine rings is 1. The van der Waals surface area contributed by atoms with E-state index in [1.165, 1.54) is 10.2 Å². The molecule has 2 atom stereocenters. The molecule has 7 nitrogen and oxygen atoms in total. The lowest BCUT2D eigenvalue weighted by molar-refractivity contribution is 0.0526. The third-order valence-electron chi connectivity index (χ3n) is 4.96. The second kappa shape index (κ2) is 8.87. The van der Waals surface area contributed by atoms with Gasteiger partial charge in [-0.2, -0.15) is 5.10 Å². The van der Waals surface area contributed by atoms with Crippen LogP contribution in [0.2, 0.25) is 0 Å². The van der Waals surface area contributed by atoms with Crippen LogP contribution in [-0.2, 0) is 11.8 Å². The van der Waals surface area contributed by atoms with Gasteiger partial charge in [-0.25, -0.2) is 9.48 Å². The van der Waals surface area contributed by atoms with Crippen LogP contribution in [0.5, 0.6) is 0 Å². The van der Waals surface area contributed by atoms with Crippen molar-refractivity contribution in [2.24, 2.45) is 7.05 Å². The number of carbonyl (C=O) groups excluding carboxylic acids is 1. The Morgan fingerprint density at radius 2 is 2.00 bits per heavy atom. The lowest BCUT2D eigenvalue weighted by Gasteiger charge is -2.36. The number of hydrogen-bond donors (Lipinski definition) is 1. The molecule has 3 rings (SSSR count). The fourth-order valence-electron chi connectivity index (χ4n) is 3.60. The van der Waals surface area contributed by atoms with E-state index in [9.17, 15) is 9.59 Å². The third-order valence-corrected chi connectivity index (χ3v) is 5.73. The van der Waals surface area contributed by atoms with Crippen LogP contribution in [0.15, 0.2) is 39.7 Å². The van der Waals surface area contributed by atoms with Crippen LogP contribution in [0.4, 0.5) is 5.69 Å². The number of benzene rings is 1. The molecule has 2 heterocycles. The van der Waals surface area contributed by atoms with Crippen LogP contribution in [0.25, 0.3) is 0 Å². The van der Waals surface area contributed by atoms with E-state index in [1.54, 1.807) is 20.2 Å². The first kappa shape index (κ1) is 20.5. The number of likely N-dealkylation sites (N-methyl/N-ethyl adjacent to an activating group) is 1. The van der Waals surface area contributed by atoms with E-state index in [0.29, 0.717) is 28.2 Å². The molecule has 0 saturated carbocycles. The highest BCUT2D eigenvalue weighted by molar-refractivity contribution is 9.10. The van der Waals surface area contributed by atoms with Gasteiger partial charge in [-0.05, 0) is 59.9 Å². The highest BCUT2D eigenvalue weighted by atomic mass is 79.9. The minimum absolute atomic E-state index is 0.166. The Morgan fingerprint density at radius 1 is 1.29 bits per heavy atom. The Hall–Kier alpha value is -2.19. The number of halogens is 1. The third kappa shape index (κ3) is 4.62. The summed E-state index contributed by atoms with van der Waals surface area (Å²) < 4.78 is 6.84. The summed E-state index contributed by atoms with van der Waals surface area (Å²) >= 11 is 3.37. The number of ether oxygens (including phenoxy) is 1. The van der Waals surface area contributed by atoms with Gasteiger partial charge in [0.1, 0.15) is 4.47 Å². The van der Waals surface area contributed by atoms with E-state index in [2.05, 4.69) is 38.3 Å². The zero-order valence-corrected chi connectivity index (χ0v) is 17.9. The van der Waals surface area contributed by atoms with Crippen molar-refractivity contribution in [2.75, 3.05) is 32.1 Å². The Morgan fingerprint density at radius 3 is 2.68 bits per heavy atom. The molecule has 1 saturated heterocycles. The van der Waals surface area contributed by atoms with Gasteiger partial charge in [0.2, 0.25) is 0 Å². The number of anilines is 1. The van der Waals surface area contributed by atoms with Crippen molar-refractivity contribution in [1.29, 1.82) is 0 Å². The molecule has 1 N–H and O–H groups in total. The maximum Gasteiger partial charge on any atom is 0.338 e. The SMILES string of the molecule is CCOC(=O)c1ccc([C@@H]2C[C@H](Nc3cnn(C)c(=O)c3Br)CN(C)C2)cc1. The highest BCUT2D eigenvalue weighted by Gasteiger charge is 2.27. The maximum absolute atomic E-state index is 12.1. The Bertz CT molecular complexity index is 897. The molecular formula is C20H25BrN4O3. The van der Waals surface area contributed by atoms with E-state index in [-0.39, 0.29) is 17.6 Å². The largest absolute Gasteiger partial charge is 0.462 e. The summed E-state index contributed by atoms with van der Waals surface area (Å²) in [5.74, 6) is 0.0307. The average Bonchev–Trinajstić information content (AvgIpc) is 2.68. The number of nitrogens with one attached hydrogen (secondary N) is 1. The molecule has 0 radical (unpaired) electrons. The first-order valence-electron chi connectivity index (χ1n) is 9.33. The molecule has 8 heteroatoms. The molecule has 1 fully saturated rings. The molecule has 28 heavy (non-hydrogen) atoms. The molecule has 0 bridgehead atoms. The molecule has 0 spiro atoms. The van der Waals surface area contributed by atoms with E-state index in [1.807, 2.05) is 24.3 Å². The van der Waals surface area contributed by atoms with Crippen LogP contribution in [0, 0.1) is 0 Å². The van der Waals surface area contributed by atoms with Gasteiger partial charge in [0.05, 0.1) is 24.1 Å². The van der Waals surface area contributed by atoms with Crippen LogP contribution in [0.3, 0.4) is 0 Å². The van der Waals surface area contributed by atoms with Gasteiger partial charge in [0.25, 0.3) is 5.56 Å². The van der Waals surface area contributed by atoms with Crippen molar-refractivity contribution in [3.63, 3.8) is 0 Å². The zero-order valence-electron chi connectivity index (χ0n) is 16.3. The van der Waals surface area contributed by atoms with Crippen molar-refractivity contribution >= 4 is 27.6 Å². The quantitative estimate of drug-likeness (QED) is 0.708. The summed E-state index contributed by atoms with van der Waals surface area (Å²) in [6.45, 7) is 3.98. The van der Waals surface area contributed by atoms with Crippen LogP contribution < -0.4 is 10.9 Å². The summed E-state index contributed by atoms with van der Waals surface area (Å²) in [6.07, 6.45) is 2.59. The maximum atomic E-state index is 12.1. The number of likely N-dealkylation sites (tertiary alicyclic amines) is 1. The van der Waals surface area contributed by atoms with Crippen molar-refractivity contribution in [2.45, 2.75) is 25.3 Å². The highest BCUT2D eigenvalue weighted by Crippen LogP contribution is 2.29. The number of carbonyl (C=O) groups is 1. The van der Waals surface area contributed by atoms with Gasteiger partial charge in [-0.3, -0.25) is 4.79 Å². The summed E-state index contributed by atoms with van der Waals surface area (Å²) in [5, 5.41) is 7.55. The lowest BCUT2D eigenvalue weighted by atomic mass is 9.88. The first-order chi connectivity index (χ1) is 13.4. The summed E-state index contributed by atoms with van der Waals surface area (Å²) in [6, 6.07) is 7.84. The van der Waals surface area contributed by atoms with Gasteiger partial charge in [0, 0.05) is 26.2 Å². The first-order valence-corrected chi connectivity index (χ1v) is 10.1. The monoisotopic (exact) mass is 448 g/mol. The molecule has 1 aliphatic rings. The minimum Gasteiger partial charge on any atom is -0.462 e. The van der Waals surface area contributed by atoms with E-state index in [4.69, 9.17) is 4.74 Å². The average molecular weight is 449 g/mol. The molecule has 1 aromatic heterocycles. The van der Waals surface area contributed by atoms with E-state index in [0.717, 1.165) is 19.5 Å². The normalized spacial score (nSPS) is 20.0.